The summed E-state index contributed by atoms with van der Waals surface area (Å²) in [5.74, 6) is 0.0226. The molecule has 0 radical (unpaired) electrons. The molecule has 0 bridgehead atoms. The highest BCUT2D eigenvalue weighted by Gasteiger charge is 2.28. The minimum atomic E-state index is -3.59. The first kappa shape index (κ1) is 18.2. The fraction of sp³-hybridized carbons (Fsp3) is 0.350. The summed E-state index contributed by atoms with van der Waals surface area (Å²) in [4.78, 5) is 11.5. The Kier molecular flexibility index (Phi) is 4.75. The molecule has 0 aliphatic carbocycles. The number of hydrogen-bond acceptors (Lipinski definition) is 3. The van der Waals surface area contributed by atoms with Crippen molar-refractivity contribution in [1.82, 2.24) is 9.03 Å². The van der Waals surface area contributed by atoms with Gasteiger partial charge in [0.1, 0.15) is 0 Å². The second-order valence-electron chi connectivity index (χ2n) is 7.16. The summed E-state index contributed by atoms with van der Waals surface area (Å²) in [5, 5.41) is 2.85. The van der Waals surface area contributed by atoms with Crippen molar-refractivity contribution in [3.63, 3.8) is 0 Å². The van der Waals surface area contributed by atoms with Gasteiger partial charge in [0.05, 0.1) is 0 Å². The van der Waals surface area contributed by atoms with Gasteiger partial charge < -0.3 is 5.32 Å². The van der Waals surface area contributed by atoms with Crippen LogP contribution >= 0.6 is 0 Å². The number of nitrogens with zero attached hydrogens (tertiary/aromatic N) is 1. The van der Waals surface area contributed by atoms with Gasteiger partial charge in [0.25, 0.3) is 10.2 Å². The molecule has 4 rings (SSSR count). The summed E-state index contributed by atoms with van der Waals surface area (Å²) in [6.45, 7) is 2.72. The lowest BCUT2D eigenvalue weighted by molar-refractivity contribution is -0.116. The van der Waals surface area contributed by atoms with Crippen LogP contribution in [0.25, 0.3) is 0 Å². The molecular formula is C20H23N3O3S. The van der Waals surface area contributed by atoms with E-state index in [-0.39, 0.29) is 11.9 Å². The number of amides is 1. The van der Waals surface area contributed by atoms with E-state index >= 15 is 0 Å². The molecule has 142 valence electrons. The molecule has 2 aromatic rings. The monoisotopic (exact) mass is 385 g/mol. The van der Waals surface area contributed by atoms with Crippen molar-refractivity contribution in [1.29, 1.82) is 0 Å². The molecule has 0 fully saturated rings. The smallest absolute Gasteiger partial charge is 0.280 e. The Morgan fingerprint density at radius 3 is 2.63 bits per heavy atom. The number of fused-ring (bicyclic) bond motifs is 2. The Hall–Kier alpha value is -2.22. The SMILES string of the molecule is C[C@H](NS(=O)(=O)N1CCc2ccccc2C1)c1ccc2c(c1)CCC(=O)N2. The van der Waals surface area contributed by atoms with Crippen LogP contribution < -0.4 is 10.0 Å². The topological polar surface area (TPSA) is 78.5 Å². The summed E-state index contributed by atoms with van der Waals surface area (Å²) in [7, 11) is -3.59. The van der Waals surface area contributed by atoms with Crippen LogP contribution in [-0.4, -0.2) is 25.2 Å². The van der Waals surface area contributed by atoms with Gasteiger partial charge >= 0.3 is 0 Å². The molecule has 0 saturated heterocycles. The zero-order valence-electron chi connectivity index (χ0n) is 15.2. The molecule has 0 aromatic heterocycles. The number of benzene rings is 2. The maximum absolute atomic E-state index is 12.9. The largest absolute Gasteiger partial charge is 0.326 e. The maximum Gasteiger partial charge on any atom is 0.280 e. The number of hydrogen-bond donors (Lipinski definition) is 2. The Labute approximate surface area is 159 Å². The van der Waals surface area contributed by atoms with Crippen LogP contribution in [0.15, 0.2) is 42.5 Å². The molecule has 1 amide bonds. The van der Waals surface area contributed by atoms with Gasteiger partial charge in [-0.3, -0.25) is 4.79 Å². The summed E-state index contributed by atoms with van der Waals surface area (Å²) in [6, 6.07) is 13.3. The van der Waals surface area contributed by atoms with E-state index in [4.69, 9.17) is 0 Å². The number of rotatable bonds is 4. The van der Waals surface area contributed by atoms with Crippen LogP contribution in [0.1, 0.15) is 41.6 Å². The van der Waals surface area contributed by atoms with Crippen molar-refractivity contribution < 1.29 is 13.2 Å². The van der Waals surface area contributed by atoms with Gasteiger partial charge in [-0.2, -0.15) is 17.4 Å². The van der Waals surface area contributed by atoms with E-state index in [1.54, 1.807) is 0 Å². The highest BCUT2D eigenvalue weighted by molar-refractivity contribution is 7.87. The van der Waals surface area contributed by atoms with E-state index in [1.165, 1.54) is 9.87 Å². The van der Waals surface area contributed by atoms with E-state index in [9.17, 15) is 13.2 Å². The molecule has 2 heterocycles. The predicted octanol–water partition coefficient (Wildman–Crippen LogP) is 2.52. The zero-order chi connectivity index (χ0) is 19.0. The lowest BCUT2D eigenvalue weighted by Gasteiger charge is -2.29. The molecule has 2 aliphatic rings. The number of anilines is 1. The molecule has 1 atom stereocenters. The third-order valence-electron chi connectivity index (χ3n) is 5.29. The van der Waals surface area contributed by atoms with Crippen molar-refractivity contribution in [3.05, 3.63) is 64.7 Å². The zero-order valence-corrected chi connectivity index (χ0v) is 16.1. The maximum atomic E-state index is 12.9. The lowest BCUT2D eigenvalue weighted by Crippen LogP contribution is -2.44. The minimum Gasteiger partial charge on any atom is -0.326 e. The third-order valence-corrected chi connectivity index (χ3v) is 6.93. The van der Waals surface area contributed by atoms with Gasteiger partial charge in [-0.25, -0.2) is 0 Å². The average Bonchev–Trinajstić information content (AvgIpc) is 2.66. The first-order chi connectivity index (χ1) is 12.9. The van der Waals surface area contributed by atoms with E-state index < -0.39 is 10.2 Å². The quantitative estimate of drug-likeness (QED) is 0.849. The molecule has 2 aliphatic heterocycles. The molecule has 0 spiro atoms. The molecule has 27 heavy (non-hydrogen) atoms. The number of carbonyl (C=O) groups excluding carboxylic acids is 1. The van der Waals surface area contributed by atoms with Crippen molar-refractivity contribution in [2.45, 2.75) is 38.8 Å². The fourth-order valence-electron chi connectivity index (χ4n) is 3.71. The fourth-order valence-corrected chi connectivity index (χ4v) is 5.09. The second-order valence-corrected chi connectivity index (χ2v) is 8.86. The highest BCUT2D eigenvalue weighted by atomic mass is 32.2. The Balaban J connectivity index is 1.49. The molecule has 0 unspecified atom stereocenters. The van der Waals surface area contributed by atoms with Crippen molar-refractivity contribution >= 4 is 21.8 Å². The molecule has 7 heteroatoms. The van der Waals surface area contributed by atoms with Crippen LogP contribution in [0, 0.1) is 0 Å². The van der Waals surface area contributed by atoms with Crippen LogP contribution in [0.4, 0.5) is 5.69 Å². The van der Waals surface area contributed by atoms with Crippen LogP contribution in [0.2, 0.25) is 0 Å². The van der Waals surface area contributed by atoms with Gasteiger partial charge in [-0.1, -0.05) is 36.4 Å². The van der Waals surface area contributed by atoms with Crippen LogP contribution in [0.5, 0.6) is 0 Å². The molecule has 2 aromatic carbocycles. The first-order valence-corrected chi connectivity index (χ1v) is 10.6. The number of carbonyl (C=O) groups is 1. The van der Waals surface area contributed by atoms with Gasteiger partial charge in [0.15, 0.2) is 0 Å². The van der Waals surface area contributed by atoms with E-state index in [2.05, 4.69) is 16.1 Å². The first-order valence-electron chi connectivity index (χ1n) is 9.19. The second kappa shape index (κ2) is 7.07. The Morgan fingerprint density at radius 2 is 1.81 bits per heavy atom. The van der Waals surface area contributed by atoms with E-state index in [1.807, 2.05) is 43.3 Å². The van der Waals surface area contributed by atoms with Crippen molar-refractivity contribution in [3.8, 4) is 0 Å². The molecular weight excluding hydrogens is 362 g/mol. The average molecular weight is 385 g/mol. The van der Waals surface area contributed by atoms with Gasteiger partial charge in [0, 0.05) is 31.2 Å². The van der Waals surface area contributed by atoms with E-state index in [0.29, 0.717) is 25.9 Å². The van der Waals surface area contributed by atoms with Gasteiger partial charge in [0.2, 0.25) is 5.91 Å². The number of aryl methyl sites for hydroxylation is 1. The normalized spacial score (nSPS) is 18.3. The summed E-state index contributed by atoms with van der Waals surface area (Å²) in [5.41, 5.74) is 5.04. The predicted molar refractivity (Wildman–Crippen MR) is 104 cm³/mol. The van der Waals surface area contributed by atoms with Crippen LogP contribution in [-0.2, 0) is 34.4 Å². The minimum absolute atomic E-state index is 0.0226. The van der Waals surface area contributed by atoms with Crippen molar-refractivity contribution in [2.24, 2.45) is 0 Å². The highest BCUT2D eigenvalue weighted by Crippen LogP contribution is 2.27. The van der Waals surface area contributed by atoms with Gasteiger partial charge in [-0.15, -0.1) is 0 Å². The Morgan fingerprint density at radius 1 is 1.04 bits per heavy atom. The molecule has 2 N–H and O–H groups in total. The van der Waals surface area contributed by atoms with Crippen molar-refractivity contribution in [2.75, 3.05) is 11.9 Å². The standard InChI is InChI=1S/C20H23N3O3S/c1-14(16-6-8-19-17(12-16)7-9-20(24)21-19)22-27(25,26)23-11-10-15-4-2-3-5-18(15)13-23/h2-6,8,12,14,22H,7,9-11,13H2,1H3,(H,21,24)/t14-/m0/s1. The molecule has 6 nitrogen and oxygen atoms in total. The summed E-state index contributed by atoms with van der Waals surface area (Å²) in [6.07, 6.45) is 1.87. The van der Waals surface area contributed by atoms with Gasteiger partial charge in [-0.05, 0) is 48.1 Å². The summed E-state index contributed by atoms with van der Waals surface area (Å²) < 4.78 is 30.0. The van der Waals surface area contributed by atoms with Crippen LogP contribution in [0.3, 0.4) is 0 Å². The van der Waals surface area contributed by atoms with E-state index in [0.717, 1.165) is 28.8 Å². The Bertz CT molecular complexity index is 988. The summed E-state index contributed by atoms with van der Waals surface area (Å²) >= 11 is 0. The number of nitrogens with one attached hydrogen (secondary N) is 2. The third kappa shape index (κ3) is 3.76. The lowest BCUT2D eigenvalue weighted by atomic mass is 9.98. The molecule has 0 saturated carbocycles.